The molecule has 1 aliphatic heterocycles. The van der Waals surface area contributed by atoms with Gasteiger partial charge >= 0.3 is 0 Å². The molecule has 1 atom stereocenters. The highest BCUT2D eigenvalue weighted by atomic mass is 32.2. The van der Waals surface area contributed by atoms with Crippen LogP contribution in [0.5, 0.6) is 0 Å². The second-order valence-electron chi connectivity index (χ2n) is 7.08. The SMILES string of the molecule is CCCCc1ccc(NC2=NCC(CC(C)(C)C)S2)cc1. The molecule has 1 aliphatic rings. The second kappa shape index (κ2) is 7.35. The van der Waals surface area contributed by atoms with Gasteiger partial charge in [-0.2, -0.15) is 0 Å². The van der Waals surface area contributed by atoms with Crippen LogP contribution < -0.4 is 5.32 Å². The standard InChI is InChI=1S/C18H28N2S/c1-5-6-7-14-8-10-15(11-9-14)20-17-19-13-16(21-17)12-18(2,3)4/h8-11,16H,5-7,12-13H2,1-4H3,(H,19,20). The van der Waals surface area contributed by atoms with Crippen LogP contribution in [0, 0.1) is 5.41 Å². The predicted octanol–water partition coefficient (Wildman–Crippen LogP) is 5.35. The fourth-order valence-corrected chi connectivity index (χ4v) is 3.91. The zero-order valence-electron chi connectivity index (χ0n) is 13.8. The zero-order valence-corrected chi connectivity index (χ0v) is 14.6. The first-order chi connectivity index (χ1) is 9.96. The smallest absolute Gasteiger partial charge is 0.161 e. The molecule has 0 spiro atoms. The van der Waals surface area contributed by atoms with Crippen molar-refractivity contribution >= 4 is 22.6 Å². The van der Waals surface area contributed by atoms with Crippen molar-refractivity contribution in [1.29, 1.82) is 0 Å². The van der Waals surface area contributed by atoms with Crippen LogP contribution in [0.25, 0.3) is 0 Å². The molecule has 21 heavy (non-hydrogen) atoms. The average molecular weight is 305 g/mol. The number of nitrogens with one attached hydrogen (secondary N) is 1. The summed E-state index contributed by atoms with van der Waals surface area (Å²) in [6.45, 7) is 10.1. The Morgan fingerprint density at radius 2 is 1.95 bits per heavy atom. The van der Waals surface area contributed by atoms with Gasteiger partial charge in [0.1, 0.15) is 0 Å². The molecule has 0 saturated heterocycles. The van der Waals surface area contributed by atoms with E-state index in [0.29, 0.717) is 10.7 Å². The highest BCUT2D eigenvalue weighted by Gasteiger charge is 2.24. The quantitative estimate of drug-likeness (QED) is 0.793. The lowest BCUT2D eigenvalue weighted by molar-refractivity contribution is 0.375. The number of aliphatic imine (C=N–C) groups is 1. The Hall–Kier alpha value is -0.960. The number of hydrogen-bond acceptors (Lipinski definition) is 3. The van der Waals surface area contributed by atoms with E-state index in [0.717, 1.165) is 17.4 Å². The summed E-state index contributed by atoms with van der Waals surface area (Å²) in [5, 5.41) is 5.15. The molecule has 3 heteroatoms. The van der Waals surface area contributed by atoms with Crippen LogP contribution in [-0.2, 0) is 6.42 Å². The van der Waals surface area contributed by atoms with E-state index in [-0.39, 0.29) is 0 Å². The fraction of sp³-hybridized carbons (Fsp3) is 0.611. The number of benzene rings is 1. The summed E-state index contributed by atoms with van der Waals surface area (Å²) in [5.41, 5.74) is 2.95. The van der Waals surface area contributed by atoms with Crippen molar-refractivity contribution in [2.75, 3.05) is 11.9 Å². The summed E-state index contributed by atoms with van der Waals surface area (Å²) < 4.78 is 0. The van der Waals surface area contributed by atoms with Crippen LogP contribution in [0.1, 0.15) is 52.5 Å². The monoisotopic (exact) mass is 304 g/mol. The molecule has 0 bridgehead atoms. The largest absolute Gasteiger partial charge is 0.335 e. The van der Waals surface area contributed by atoms with Crippen molar-refractivity contribution in [3.8, 4) is 0 Å². The second-order valence-corrected chi connectivity index (χ2v) is 8.37. The number of anilines is 1. The molecule has 0 fully saturated rings. The number of thioether (sulfide) groups is 1. The van der Waals surface area contributed by atoms with Crippen molar-refractivity contribution < 1.29 is 0 Å². The molecule has 1 unspecified atom stereocenters. The van der Waals surface area contributed by atoms with Crippen LogP contribution >= 0.6 is 11.8 Å². The molecule has 0 radical (unpaired) electrons. The Morgan fingerprint density at radius 1 is 1.24 bits per heavy atom. The maximum absolute atomic E-state index is 4.64. The van der Waals surface area contributed by atoms with Gasteiger partial charge in [-0.1, -0.05) is 58.0 Å². The van der Waals surface area contributed by atoms with Gasteiger partial charge in [0, 0.05) is 10.9 Å². The van der Waals surface area contributed by atoms with Crippen molar-refractivity contribution in [2.24, 2.45) is 10.4 Å². The van der Waals surface area contributed by atoms with Gasteiger partial charge in [-0.25, -0.2) is 0 Å². The van der Waals surface area contributed by atoms with Crippen molar-refractivity contribution in [1.82, 2.24) is 0 Å². The van der Waals surface area contributed by atoms with Crippen molar-refractivity contribution in [2.45, 2.75) is 58.6 Å². The maximum atomic E-state index is 4.64. The summed E-state index contributed by atoms with van der Waals surface area (Å²) >= 11 is 1.89. The van der Waals surface area contributed by atoms with Crippen LogP contribution in [0.2, 0.25) is 0 Å². The third-order valence-corrected chi connectivity index (χ3v) is 4.68. The molecular weight excluding hydrogens is 276 g/mol. The normalized spacial score (nSPS) is 18.7. The molecule has 1 N–H and O–H groups in total. The summed E-state index contributed by atoms with van der Waals surface area (Å²) in [6.07, 6.45) is 4.91. The van der Waals surface area contributed by atoms with E-state index >= 15 is 0 Å². The molecule has 0 saturated carbocycles. The van der Waals surface area contributed by atoms with Crippen molar-refractivity contribution in [3.63, 3.8) is 0 Å². The predicted molar refractivity (Wildman–Crippen MR) is 96.4 cm³/mol. The van der Waals surface area contributed by atoms with Crippen molar-refractivity contribution in [3.05, 3.63) is 29.8 Å². The molecule has 2 nitrogen and oxygen atoms in total. The highest BCUT2D eigenvalue weighted by Crippen LogP contribution is 2.32. The van der Waals surface area contributed by atoms with Gasteiger partial charge in [0.05, 0.1) is 6.54 Å². The number of unbranched alkanes of at least 4 members (excludes halogenated alkanes) is 1. The summed E-state index contributed by atoms with van der Waals surface area (Å²) in [4.78, 5) is 4.64. The zero-order chi connectivity index (χ0) is 15.3. The lowest BCUT2D eigenvalue weighted by Gasteiger charge is -2.21. The topological polar surface area (TPSA) is 24.4 Å². The third kappa shape index (κ3) is 5.74. The molecule has 116 valence electrons. The van der Waals surface area contributed by atoms with E-state index in [2.05, 4.69) is 62.3 Å². The van der Waals surface area contributed by atoms with Crippen LogP contribution in [-0.4, -0.2) is 17.0 Å². The third-order valence-electron chi connectivity index (χ3n) is 3.58. The molecule has 1 aromatic carbocycles. The minimum absolute atomic E-state index is 0.379. The molecule has 0 aliphatic carbocycles. The first-order valence-corrected chi connectivity index (χ1v) is 8.91. The molecular formula is C18H28N2S. The summed E-state index contributed by atoms with van der Waals surface area (Å²) in [6, 6.07) is 8.80. The van der Waals surface area contributed by atoms with E-state index in [4.69, 9.17) is 0 Å². The first kappa shape index (κ1) is 16.4. The molecule has 0 aromatic heterocycles. The van der Waals surface area contributed by atoms with Gasteiger partial charge in [-0.05, 0) is 42.4 Å². The van der Waals surface area contributed by atoms with E-state index in [1.165, 1.54) is 31.2 Å². The van der Waals surface area contributed by atoms with E-state index in [1.54, 1.807) is 0 Å². The van der Waals surface area contributed by atoms with Gasteiger partial charge in [0.25, 0.3) is 0 Å². The van der Waals surface area contributed by atoms with E-state index in [1.807, 2.05) is 11.8 Å². The van der Waals surface area contributed by atoms with E-state index < -0.39 is 0 Å². The average Bonchev–Trinajstić information content (AvgIpc) is 2.83. The maximum Gasteiger partial charge on any atom is 0.161 e. The first-order valence-electron chi connectivity index (χ1n) is 8.03. The Bertz CT molecular complexity index is 471. The molecule has 1 heterocycles. The lowest BCUT2D eigenvalue weighted by Crippen LogP contribution is -2.16. The van der Waals surface area contributed by atoms with Gasteiger partial charge in [0.15, 0.2) is 5.17 Å². The van der Waals surface area contributed by atoms with Gasteiger partial charge in [0.2, 0.25) is 0 Å². The number of rotatable bonds is 5. The van der Waals surface area contributed by atoms with Gasteiger partial charge in [-0.15, -0.1) is 0 Å². The Labute approximate surface area is 133 Å². The fourth-order valence-electron chi connectivity index (χ4n) is 2.53. The van der Waals surface area contributed by atoms with Gasteiger partial charge < -0.3 is 5.32 Å². The Balaban J connectivity index is 1.83. The molecule has 1 aromatic rings. The number of nitrogens with zero attached hydrogens (tertiary/aromatic N) is 1. The van der Waals surface area contributed by atoms with Gasteiger partial charge in [-0.3, -0.25) is 4.99 Å². The number of amidine groups is 1. The molecule has 0 amide bonds. The summed E-state index contributed by atoms with van der Waals surface area (Å²) in [5.74, 6) is 0. The minimum atomic E-state index is 0.379. The number of hydrogen-bond donors (Lipinski definition) is 1. The Kier molecular flexibility index (Phi) is 5.74. The van der Waals surface area contributed by atoms with Crippen LogP contribution in [0.3, 0.4) is 0 Å². The lowest BCUT2D eigenvalue weighted by atomic mass is 9.90. The minimum Gasteiger partial charge on any atom is -0.335 e. The summed E-state index contributed by atoms with van der Waals surface area (Å²) in [7, 11) is 0. The van der Waals surface area contributed by atoms with Crippen LogP contribution in [0.4, 0.5) is 5.69 Å². The highest BCUT2D eigenvalue weighted by molar-refractivity contribution is 8.15. The Morgan fingerprint density at radius 3 is 2.57 bits per heavy atom. The van der Waals surface area contributed by atoms with E-state index in [9.17, 15) is 0 Å². The number of aryl methyl sites for hydroxylation is 1. The molecule has 2 rings (SSSR count). The van der Waals surface area contributed by atoms with Crippen LogP contribution in [0.15, 0.2) is 29.3 Å².